The van der Waals surface area contributed by atoms with Gasteiger partial charge in [-0.25, -0.2) is 9.78 Å². The number of thiazole rings is 1. The Kier molecular flexibility index (Phi) is 2.81. The molecule has 2 N–H and O–H groups in total. The molecule has 90 valence electrons. The van der Waals surface area contributed by atoms with Crippen LogP contribution in [-0.2, 0) is 0 Å². The number of hydrogen-bond acceptors (Lipinski definition) is 4. The van der Waals surface area contributed by atoms with Gasteiger partial charge < -0.3 is 10.1 Å². The van der Waals surface area contributed by atoms with E-state index in [0.717, 1.165) is 15.2 Å². The number of aromatic nitrogens is 2. The van der Waals surface area contributed by atoms with Crippen LogP contribution >= 0.6 is 23.1 Å². The van der Waals surface area contributed by atoms with E-state index in [9.17, 15) is 9.90 Å². The maximum absolute atomic E-state index is 11.2. The number of carbonyl (C=O) groups is 1. The zero-order valence-electron chi connectivity index (χ0n) is 9.08. The maximum atomic E-state index is 11.2. The molecule has 0 amide bonds. The molecule has 0 saturated carbocycles. The summed E-state index contributed by atoms with van der Waals surface area (Å²) in [6.45, 7) is 0. The van der Waals surface area contributed by atoms with E-state index in [1.165, 1.54) is 23.1 Å². The summed E-state index contributed by atoms with van der Waals surface area (Å²) in [5, 5.41) is 9.20. The lowest BCUT2D eigenvalue weighted by Gasteiger charge is -2.00. The first kappa shape index (κ1) is 11.3. The summed E-state index contributed by atoms with van der Waals surface area (Å²) in [4.78, 5) is 20.8. The highest BCUT2D eigenvalue weighted by atomic mass is 32.2. The molecule has 0 atom stereocenters. The minimum atomic E-state index is -0.960. The SMILES string of the molecule is O=C(O)c1[nH]c2scnc2c1Sc1ccccc1. The molecule has 3 rings (SSSR count). The lowest BCUT2D eigenvalue weighted by molar-refractivity contribution is 0.0688. The predicted molar refractivity (Wildman–Crippen MR) is 71.5 cm³/mol. The molecule has 3 aromatic rings. The first-order chi connectivity index (χ1) is 8.75. The number of benzene rings is 1. The Morgan fingerprint density at radius 3 is 2.83 bits per heavy atom. The van der Waals surface area contributed by atoms with Crippen molar-refractivity contribution in [1.29, 1.82) is 0 Å². The fraction of sp³-hybridized carbons (Fsp3) is 0. The molecule has 2 heterocycles. The second-order valence-corrected chi connectivity index (χ2v) is 5.52. The number of H-pyrrole nitrogens is 1. The van der Waals surface area contributed by atoms with Crippen LogP contribution in [0, 0.1) is 0 Å². The molecule has 0 bridgehead atoms. The van der Waals surface area contributed by atoms with E-state index in [-0.39, 0.29) is 5.69 Å². The van der Waals surface area contributed by atoms with Crippen molar-refractivity contribution in [1.82, 2.24) is 9.97 Å². The topological polar surface area (TPSA) is 66.0 Å². The number of aromatic amines is 1. The van der Waals surface area contributed by atoms with Gasteiger partial charge in [0, 0.05) is 4.90 Å². The third-order valence-electron chi connectivity index (χ3n) is 2.43. The summed E-state index contributed by atoms with van der Waals surface area (Å²) in [6.07, 6.45) is 0. The van der Waals surface area contributed by atoms with Crippen molar-refractivity contribution in [3.05, 3.63) is 41.5 Å². The van der Waals surface area contributed by atoms with Crippen molar-refractivity contribution < 1.29 is 9.90 Å². The molecule has 0 spiro atoms. The van der Waals surface area contributed by atoms with Crippen molar-refractivity contribution in [2.24, 2.45) is 0 Å². The standard InChI is InChI=1S/C12H8N2O2S2/c15-12(16)9-10(8-11(14-9)17-6-13-8)18-7-4-2-1-3-5-7/h1-6,14H,(H,15,16). The number of carboxylic acids is 1. The molecule has 18 heavy (non-hydrogen) atoms. The van der Waals surface area contributed by atoms with Crippen molar-refractivity contribution >= 4 is 39.4 Å². The van der Waals surface area contributed by atoms with Gasteiger partial charge in [-0.1, -0.05) is 30.0 Å². The maximum Gasteiger partial charge on any atom is 0.353 e. The van der Waals surface area contributed by atoms with Gasteiger partial charge in [-0.2, -0.15) is 0 Å². The molecular formula is C12H8N2O2S2. The number of hydrogen-bond donors (Lipinski definition) is 2. The van der Waals surface area contributed by atoms with E-state index in [1.807, 2.05) is 30.3 Å². The van der Waals surface area contributed by atoms with Gasteiger partial charge in [0.1, 0.15) is 16.0 Å². The Bertz CT molecular complexity index is 703. The Morgan fingerprint density at radius 1 is 1.33 bits per heavy atom. The molecule has 0 aliphatic rings. The van der Waals surface area contributed by atoms with Gasteiger partial charge in [0.2, 0.25) is 0 Å². The largest absolute Gasteiger partial charge is 0.477 e. The lowest BCUT2D eigenvalue weighted by Crippen LogP contribution is -1.98. The van der Waals surface area contributed by atoms with Crippen molar-refractivity contribution in [3.8, 4) is 0 Å². The Balaban J connectivity index is 2.11. The molecule has 0 saturated heterocycles. The van der Waals surface area contributed by atoms with Gasteiger partial charge in [-0.3, -0.25) is 0 Å². The predicted octanol–water partition coefficient (Wildman–Crippen LogP) is 3.47. The van der Waals surface area contributed by atoms with Crippen LogP contribution in [0.1, 0.15) is 10.5 Å². The summed E-state index contributed by atoms with van der Waals surface area (Å²) < 4.78 is 0. The highest BCUT2D eigenvalue weighted by molar-refractivity contribution is 7.99. The number of fused-ring (bicyclic) bond motifs is 1. The molecule has 0 aliphatic carbocycles. The van der Waals surface area contributed by atoms with Crippen LogP contribution in [0.3, 0.4) is 0 Å². The van der Waals surface area contributed by atoms with Crippen LogP contribution in [0.4, 0.5) is 0 Å². The van der Waals surface area contributed by atoms with Crippen LogP contribution < -0.4 is 0 Å². The zero-order chi connectivity index (χ0) is 12.5. The molecule has 0 radical (unpaired) electrons. The number of carboxylic acid groups (broad SMARTS) is 1. The highest BCUT2D eigenvalue weighted by Crippen LogP contribution is 2.37. The molecular weight excluding hydrogens is 268 g/mol. The van der Waals surface area contributed by atoms with Gasteiger partial charge in [-0.15, -0.1) is 11.3 Å². The van der Waals surface area contributed by atoms with Crippen molar-refractivity contribution in [2.75, 3.05) is 0 Å². The van der Waals surface area contributed by atoms with Crippen LogP contribution in [0.25, 0.3) is 10.3 Å². The third kappa shape index (κ3) is 1.89. The van der Waals surface area contributed by atoms with Gasteiger partial charge in [0.25, 0.3) is 0 Å². The van der Waals surface area contributed by atoms with Crippen molar-refractivity contribution in [3.63, 3.8) is 0 Å². The summed E-state index contributed by atoms with van der Waals surface area (Å²) in [6, 6.07) is 9.67. The molecule has 6 heteroatoms. The highest BCUT2D eigenvalue weighted by Gasteiger charge is 2.19. The fourth-order valence-corrected chi connectivity index (χ4v) is 3.42. The number of nitrogens with zero attached hydrogens (tertiary/aromatic N) is 1. The second-order valence-electron chi connectivity index (χ2n) is 3.58. The average molecular weight is 276 g/mol. The zero-order valence-corrected chi connectivity index (χ0v) is 10.7. The van der Waals surface area contributed by atoms with Crippen LogP contribution in [0.5, 0.6) is 0 Å². The Morgan fingerprint density at radius 2 is 2.11 bits per heavy atom. The molecule has 0 fully saturated rings. The smallest absolute Gasteiger partial charge is 0.353 e. The fourth-order valence-electron chi connectivity index (χ4n) is 1.64. The molecule has 2 aromatic heterocycles. The third-order valence-corrected chi connectivity index (χ3v) is 4.28. The minimum Gasteiger partial charge on any atom is -0.477 e. The second kappa shape index (κ2) is 4.47. The van der Waals surface area contributed by atoms with Gasteiger partial charge >= 0.3 is 5.97 Å². The van der Waals surface area contributed by atoms with E-state index >= 15 is 0 Å². The summed E-state index contributed by atoms with van der Waals surface area (Å²) in [5.41, 5.74) is 2.64. The molecule has 0 unspecified atom stereocenters. The summed E-state index contributed by atoms with van der Waals surface area (Å²) in [7, 11) is 0. The quantitative estimate of drug-likeness (QED) is 0.768. The van der Waals surface area contributed by atoms with E-state index in [1.54, 1.807) is 5.51 Å². The Labute approximate surface area is 111 Å². The number of nitrogens with one attached hydrogen (secondary N) is 1. The monoisotopic (exact) mass is 276 g/mol. The van der Waals surface area contributed by atoms with Gasteiger partial charge in [-0.05, 0) is 12.1 Å². The van der Waals surface area contributed by atoms with E-state index in [2.05, 4.69) is 9.97 Å². The van der Waals surface area contributed by atoms with Gasteiger partial charge in [0.15, 0.2) is 0 Å². The Hall–Kier alpha value is -1.79. The molecule has 4 nitrogen and oxygen atoms in total. The van der Waals surface area contributed by atoms with Crippen LogP contribution in [-0.4, -0.2) is 21.0 Å². The van der Waals surface area contributed by atoms with Crippen LogP contribution in [0.2, 0.25) is 0 Å². The first-order valence-electron chi connectivity index (χ1n) is 5.17. The normalized spacial score (nSPS) is 10.9. The van der Waals surface area contributed by atoms with Crippen LogP contribution in [0.15, 0.2) is 45.6 Å². The number of aromatic carboxylic acids is 1. The van der Waals surface area contributed by atoms with Crippen molar-refractivity contribution in [2.45, 2.75) is 9.79 Å². The molecule has 1 aromatic carbocycles. The lowest BCUT2D eigenvalue weighted by atomic mass is 10.4. The minimum absolute atomic E-state index is 0.207. The summed E-state index contributed by atoms with van der Waals surface area (Å²) >= 11 is 2.82. The average Bonchev–Trinajstić information content (AvgIpc) is 2.93. The first-order valence-corrected chi connectivity index (χ1v) is 6.86. The number of rotatable bonds is 3. The van der Waals surface area contributed by atoms with E-state index in [4.69, 9.17) is 0 Å². The molecule has 0 aliphatic heterocycles. The van der Waals surface area contributed by atoms with E-state index < -0.39 is 5.97 Å². The van der Waals surface area contributed by atoms with E-state index in [0.29, 0.717) is 4.90 Å². The van der Waals surface area contributed by atoms with Gasteiger partial charge in [0.05, 0.1) is 10.4 Å². The summed E-state index contributed by atoms with van der Waals surface area (Å²) in [5.74, 6) is -0.960.